The van der Waals surface area contributed by atoms with Gasteiger partial charge in [0, 0.05) is 30.6 Å². The normalized spacial score (nSPS) is 30.7. The van der Waals surface area contributed by atoms with Gasteiger partial charge in [-0.15, -0.1) is 0 Å². The van der Waals surface area contributed by atoms with Crippen molar-refractivity contribution in [1.29, 1.82) is 0 Å². The van der Waals surface area contributed by atoms with Crippen LogP contribution in [0.3, 0.4) is 0 Å². The predicted octanol–water partition coefficient (Wildman–Crippen LogP) is 4.11. The number of rotatable bonds is 4. The van der Waals surface area contributed by atoms with Crippen molar-refractivity contribution in [3.63, 3.8) is 0 Å². The summed E-state index contributed by atoms with van der Waals surface area (Å²) in [5.74, 6) is 0. The number of nitrogens with zero attached hydrogens (tertiary/aromatic N) is 1. The molecule has 1 saturated carbocycles. The van der Waals surface area contributed by atoms with Crippen molar-refractivity contribution in [2.75, 3.05) is 19.6 Å². The molecule has 21 heavy (non-hydrogen) atoms. The van der Waals surface area contributed by atoms with Gasteiger partial charge in [-0.3, -0.25) is 4.90 Å². The largest absolute Gasteiger partial charge is 0.389 e. The highest BCUT2D eigenvalue weighted by Gasteiger charge is 2.45. The Morgan fingerprint density at radius 3 is 2.38 bits per heavy atom. The third-order valence-electron chi connectivity index (χ3n) is 5.51. The molecule has 1 unspecified atom stereocenters. The minimum atomic E-state index is -4.03. The minimum absolute atomic E-state index is 0.0426. The van der Waals surface area contributed by atoms with Crippen molar-refractivity contribution in [3.8, 4) is 0 Å². The highest BCUT2D eigenvalue weighted by molar-refractivity contribution is 5.04. The molecule has 1 saturated heterocycles. The summed E-state index contributed by atoms with van der Waals surface area (Å²) in [5.41, 5.74) is 0.152. The lowest BCUT2D eigenvalue weighted by molar-refractivity contribution is -0.138. The molecule has 0 aromatic carbocycles. The number of halogens is 3. The predicted molar refractivity (Wildman–Crippen MR) is 79.4 cm³/mol. The molecule has 1 heterocycles. The van der Waals surface area contributed by atoms with Gasteiger partial charge in [0.05, 0.1) is 0 Å². The van der Waals surface area contributed by atoms with Gasteiger partial charge >= 0.3 is 6.18 Å². The Hall–Kier alpha value is -0.290. The molecule has 2 aliphatic rings. The molecule has 0 amide bonds. The Balaban J connectivity index is 2.02. The first-order valence-corrected chi connectivity index (χ1v) is 8.35. The average Bonchev–Trinajstić information content (AvgIpc) is 2.43. The molecule has 0 aromatic rings. The van der Waals surface area contributed by atoms with E-state index in [-0.39, 0.29) is 17.5 Å². The fraction of sp³-hybridized carbons (Fsp3) is 1.00. The van der Waals surface area contributed by atoms with Crippen LogP contribution in [0.15, 0.2) is 0 Å². The van der Waals surface area contributed by atoms with Crippen LogP contribution in [0, 0.1) is 0 Å². The molecular formula is C16H29F3N2. The summed E-state index contributed by atoms with van der Waals surface area (Å²) in [6.45, 7) is 6.74. The second kappa shape index (κ2) is 6.45. The Labute approximate surface area is 126 Å². The van der Waals surface area contributed by atoms with Crippen molar-refractivity contribution in [3.05, 3.63) is 0 Å². The molecule has 1 aliphatic carbocycles. The zero-order chi connectivity index (χ0) is 15.6. The van der Waals surface area contributed by atoms with Gasteiger partial charge in [0.2, 0.25) is 0 Å². The number of alkyl halides is 3. The molecule has 1 N–H and O–H groups in total. The monoisotopic (exact) mass is 306 g/mol. The summed E-state index contributed by atoms with van der Waals surface area (Å²) in [7, 11) is 0. The van der Waals surface area contributed by atoms with Crippen LogP contribution in [-0.4, -0.2) is 41.8 Å². The zero-order valence-corrected chi connectivity index (χ0v) is 13.4. The lowest BCUT2D eigenvalue weighted by atomic mass is 9.76. The second-order valence-corrected chi connectivity index (χ2v) is 7.19. The number of hydrogen-bond donors (Lipinski definition) is 1. The van der Waals surface area contributed by atoms with E-state index < -0.39 is 12.6 Å². The highest BCUT2D eigenvalue weighted by Crippen LogP contribution is 2.38. The van der Waals surface area contributed by atoms with Gasteiger partial charge in [0.25, 0.3) is 0 Å². The number of piperazine rings is 1. The second-order valence-electron chi connectivity index (χ2n) is 7.19. The Bertz CT molecular complexity index is 337. The van der Waals surface area contributed by atoms with Gasteiger partial charge in [-0.2, -0.15) is 13.2 Å². The summed E-state index contributed by atoms with van der Waals surface area (Å²) < 4.78 is 37.3. The Kier molecular flexibility index (Phi) is 5.24. The molecule has 2 nitrogen and oxygen atoms in total. The molecular weight excluding hydrogens is 277 g/mol. The van der Waals surface area contributed by atoms with Gasteiger partial charge in [0.1, 0.15) is 0 Å². The molecule has 0 radical (unpaired) electrons. The third kappa shape index (κ3) is 4.35. The van der Waals surface area contributed by atoms with E-state index in [1.54, 1.807) is 0 Å². The first-order valence-electron chi connectivity index (χ1n) is 8.35. The standard InChI is InChI=1S/C16H29F3N2/c1-3-14(2)13-21(11-7-10-16(17,18)19)15(12-20-14)8-5-4-6-9-15/h20H,3-13H2,1-2H3. The molecule has 1 spiro atoms. The quantitative estimate of drug-likeness (QED) is 0.841. The zero-order valence-electron chi connectivity index (χ0n) is 13.4. The minimum Gasteiger partial charge on any atom is -0.308 e. The van der Waals surface area contributed by atoms with Gasteiger partial charge in [-0.05, 0) is 39.2 Å². The van der Waals surface area contributed by atoms with Crippen LogP contribution < -0.4 is 5.32 Å². The maximum atomic E-state index is 12.4. The molecule has 124 valence electrons. The maximum absolute atomic E-state index is 12.4. The lowest BCUT2D eigenvalue weighted by Crippen LogP contribution is -2.69. The SMILES string of the molecule is CCC1(C)CN(CCCC(F)(F)F)C2(CCCCC2)CN1. The van der Waals surface area contributed by atoms with Gasteiger partial charge in [-0.25, -0.2) is 0 Å². The van der Waals surface area contributed by atoms with E-state index in [0.29, 0.717) is 6.54 Å². The van der Waals surface area contributed by atoms with Crippen molar-refractivity contribution < 1.29 is 13.2 Å². The summed E-state index contributed by atoms with van der Waals surface area (Å²) >= 11 is 0. The highest BCUT2D eigenvalue weighted by atomic mass is 19.4. The van der Waals surface area contributed by atoms with Crippen LogP contribution in [0.4, 0.5) is 13.2 Å². The summed E-state index contributed by atoms with van der Waals surface area (Å²) in [5, 5.41) is 3.68. The van der Waals surface area contributed by atoms with Gasteiger partial charge < -0.3 is 5.32 Å². The third-order valence-corrected chi connectivity index (χ3v) is 5.51. The molecule has 1 atom stereocenters. The maximum Gasteiger partial charge on any atom is 0.389 e. The van der Waals surface area contributed by atoms with Crippen molar-refractivity contribution in [2.24, 2.45) is 0 Å². The van der Waals surface area contributed by atoms with E-state index in [1.807, 2.05) is 0 Å². The summed E-state index contributed by atoms with van der Waals surface area (Å²) in [6.07, 6.45) is 2.50. The topological polar surface area (TPSA) is 15.3 Å². The average molecular weight is 306 g/mol. The Morgan fingerprint density at radius 2 is 1.81 bits per heavy atom. The van der Waals surface area contributed by atoms with Crippen molar-refractivity contribution in [1.82, 2.24) is 10.2 Å². The van der Waals surface area contributed by atoms with E-state index in [0.717, 1.165) is 32.4 Å². The van der Waals surface area contributed by atoms with Crippen LogP contribution in [0.25, 0.3) is 0 Å². The van der Waals surface area contributed by atoms with Crippen LogP contribution in [-0.2, 0) is 0 Å². The number of nitrogens with one attached hydrogen (secondary N) is 1. The van der Waals surface area contributed by atoms with Crippen LogP contribution in [0.1, 0.15) is 65.2 Å². The van der Waals surface area contributed by atoms with Gasteiger partial charge in [-0.1, -0.05) is 26.2 Å². The van der Waals surface area contributed by atoms with E-state index in [2.05, 4.69) is 24.1 Å². The lowest BCUT2D eigenvalue weighted by Gasteiger charge is -2.55. The van der Waals surface area contributed by atoms with Gasteiger partial charge in [0.15, 0.2) is 0 Å². The van der Waals surface area contributed by atoms with Crippen molar-refractivity contribution in [2.45, 2.75) is 82.5 Å². The summed E-state index contributed by atoms with van der Waals surface area (Å²) in [4.78, 5) is 2.39. The number of hydrogen-bond acceptors (Lipinski definition) is 2. The van der Waals surface area contributed by atoms with Crippen LogP contribution >= 0.6 is 0 Å². The van der Waals surface area contributed by atoms with E-state index in [1.165, 1.54) is 19.3 Å². The van der Waals surface area contributed by atoms with Crippen LogP contribution in [0.2, 0.25) is 0 Å². The Morgan fingerprint density at radius 1 is 1.14 bits per heavy atom. The fourth-order valence-corrected chi connectivity index (χ4v) is 3.86. The molecule has 2 rings (SSSR count). The smallest absolute Gasteiger partial charge is 0.308 e. The molecule has 0 bridgehead atoms. The first-order chi connectivity index (χ1) is 9.79. The van der Waals surface area contributed by atoms with E-state index >= 15 is 0 Å². The summed E-state index contributed by atoms with van der Waals surface area (Å²) in [6, 6.07) is 0. The first kappa shape index (κ1) is 17.1. The van der Waals surface area contributed by atoms with Crippen LogP contribution in [0.5, 0.6) is 0 Å². The van der Waals surface area contributed by atoms with E-state index in [4.69, 9.17) is 0 Å². The van der Waals surface area contributed by atoms with E-state index in [9.17, 15) is 13.2 Å². The molecule has 1 aliphatic heterocycles. The fourth-order valence-electron chi connectivity index (χ4n) is 3.86. The molecule has 5 heteroatoms. The molecule has 2 fully saturated rings. The molecule has 0 aromatic heterocycles. The van der Waals surface area contributed by atoms with Crippen molar-refractivity contribution >= 4 is 0 Å².